The Morgan fingerprint density at radius 3 is 2.00 bits per heavy atom. The fourth-order valence-corrected chi connectivity index (χ4v) is 1.81. The molecule has 1 aromatic rings. The topological polar surface area (TPSA) is 0 Å². The Morgan fingerprint density at radius 2 is 1.58 bits per heavy atom. The average Bonchev–Trinajstić information content (AvgIpc) is 2.04. The zero-order valence-electron chi connectivity index (χ0n) is 8.29. The van der Waals surface area contributed by atoms with Crippen LogP contribution in [-0.4, -0.2) is 12.5 Å². The minimum absolute atomic E-state index is 0.482. The van der Waals surface area contributed by atoms with E-state index < -0.39 is 0 Å². The van der Waals surface area contributed by atoms with Crippen LogP contribution < -0.4 is 0 Å². The first kappa shape index (κ1) is 9.66. The van der Waals surface area contributed by atoms with Crippen LogP contribution in [0.15, 0.2) is 24.3 Å². The van der Waals surface area contributed by atoms with Crippen molar-refractivity contribution in [2.75, 3.05) is 12.5 Å². The average molecular weight is 181 g/mol. The van der Waals surface area contributed by atoms with Crippen molar-refractivity contribution < 1.29 is 0 Å². The summed E-state index contributed by atoms with van der Waals surface area (Å²) >= 11 is 0. The predicted molar refractivity (Wildman–Crippen MR) is 58.8 cm³/mol. The van der Waals surface area contributed by atoms with Crippen molar-refractivity contribution in [3.8, 4) is 0 Å². The highest BCUT2D eigenvalue weighted by atomic mass is 32.2. The van der Waals surface area contributed by atoms with Gasteiger partial charge in [-0.15, -0.1) is 0 Å². The number of hydrogen-bond acceptors (Lipinski definition) is 0. The Kier molecular flexibility index (Phi) is 3.21. The summed E-state index contributed by atoms with van der Waals surface area (Å²) in [6, 6.07) is 8.87. The molecule has 0 bridgehead atoms. The highest BCUT2D eigenvalue weighted by Gasteiger charge is 2.16. The van der Waals surface area contributed by atoms with Crippen LogP contribution in [-0.2, 0) is 10.9 Å². The molecule has 12 heavy (non-hydrogen) atoms. The third kappa shape index (κ3) is 2.28. The molecule has 0 fully saturated rings. The normalized spacial score (nSPS) is 13.4. The van der Waals surface area contributed by atoms with Crippen LogP contribution in [0, 0.1) is 6.92 Å². The summed E-state index contributed by atoms with van der Waals surface area (Å²) in [6.45, 7) is 4.43. The summed E-state index contributed by atoms with van der Waals surface area (Å²) in [4.78, 5) is 0. The molecule has 0 radical (unpaired) electrons. The van der Waals surface area contributed by atoms with Crippen LogP contribution >= 0.6 is 0 Å². The van der Waals surface area contributed by atoms with Gasteiger partial charge >= 0.3 is 0 Å². The van der Waals surface area contributed by atoms with Gasteiger partial charge in [-0.1, -0.05) is 29.8 Å². The van der Waals surface area contributed by atoms with Gasteiger partial charge in [-0.05, 0) is 24.7 Å². The SMILES string of the molecule is Cc1ccc(C(C)[S+](C)C)cc1. The van der Waals surface area contributed by atoms with Gasteiger partial charge in [0, 0.05) is 5.56 Å². The molecule has 0 spiro atoms. The van der Waals surface area contributed by atoms with Gasteiger partial charge in [-0.25, -0.2) is 0 Å². The molecule has 1 heteroatoms. The number of rotatable bonds is 2. The molecule has 66 valence electrons. The molecular formula is C11H17S+. The maximum Gasteiger partial charge on any atom is 0.139 e. The van der Waals surface area contributed by atoms with Crippen molar-refractivity contribution in [3.63, 3.8) is 0 Å². The minimum atomic E-state index is 0.482. The summed E-state index contributed by atoms with van der Waals surface area (Å²) in [5.74, 6) is 0. The van der Waals surface area contributed by atoms with E-state index in [1.807, 2.05) is 0 Å². The van der Waals surface area contributed by atoms with Gasteiger partial charge in [0.25, 0.3) is 0 Å². The van der Waals surface area contributed by atoms with E-state index in [0.717, 1.165) is 0 Å². The van der Waals surface area contributed by atoms with Crippen LogP contribution in [0.25, 0.3) is 0 Å². The fraction of sp³-hybridized carbons (Fsp3) is 0.455. The van der Waals surface area contributed by atoms with Gasteiger partial charge in [-0.2, -0.15) is 0 Å². The summed E-state index contributed by atoms with van der Waals surface area (Å²) in [7, 11) is 0.482. The first-order chi connectivity index (χ1) is 5.61. The molecule has 0 aliphatic heterocycles. The molecule has 1 aromatic carbocycles. The van der Waals surface area contributed by atoms with Gasteiger partial charge < -0.3 is 0 Å². The third-order valence-corrected chi connectivity index (χ3v) is 3.94. The Balaban J connectivity index is 2.82. The zero-order chi connectivity index (χ0) is 9.14. The van der Waals surface area contributed by atoms with Gasteiger partial charge in [0.2, 0.25) is 0 Å². The van der Waals surface area contributed by atoms with Crippen LogP contribution in [0.3, 0.4) is 0 Å². The van der Waals surface area contributed by atoms with Crippen molar-refractivity contribution in [3.05, 3.63) is 35.4 Å². The van der Waals surface area contributed by atoms with Gasteiger partial charge in [0.05, 0.1) is 12.5 Å². The smallest absolute Gasteiger partial charge is 0.0589 e. The van der Waals surface area contributed by atoms with Crippen molar-refractivity contribution in [2.24, 2.45) is 0 Å². The van der Waals surface area contributed by atoms with E-state index >= 15 is 0 Å². The summed E-state index contributed by atoms with van der Waals surface area (Å²) in [5.41, 5.74) is 2.81. The maximum absolute atomic E-state index is 2.30. The van der Waals surface area contributed by atoms with E-state index in [-0.39, 0.29) is 0 Å². The monoisotopic (exact) mass is 181 g/mol. The fourth-order valence-electron chi connectivity index (χ4n) is 1.11. The Hall–Kier alpha value is -0.430. The Morgan fingerprint density at radius 1 is 1.08 bits per heavy atom. The van der Waals surface area contributed by atoms with Crippen molar-refractivity contribution in [1.82, 2.24) is 0 Å². The first-order valence-electron chi connectivity index (χ1n) is 4.24. The lowest BCUT2D eigenvalue weighted by Crippen LogP contribution is -2.06. The molecule has 0 amide bonds. The van der Waals surface area contributed by atoms with Crippen LogP contribution in [0.5, 0.6) is 0 Å². The van der Waals surface area contributed by atoms with Crippen molar-refractivity contribution in [2.45, 2.75) is 19.1 Å². The molecule has 1 rings (SSSR count). The van der Waals surface area contributed by atoms with Crippen LogP contribution in [0.1, 0.15) is 23.3 Å². The van der Waals surface area contributed by atoms with E-state index in [0.29, 0.717) is 16.1 Å². The van der Waals surface area contributed by atoms with Gasteiger partial charge in [-0.3, -0.25) is 0 Å². The Bertz CT molecular complexity index is 236. The molecule has 0 saturated heterocycles. The lowest BCUT2D eigenvalue weighted by Gasteiger charge is -2.08. The summed E-state index contributed by atoms with van der Waals surface area (Å²) < 4.78 is 0. The largest absolute Gasteiger partial charge is 0.139 e. The van der Waals surface area contributed by atoms with Gasteiger partial charge in [0.1, 0.15) is 5.25 Å². The molecule has 0 saturated carbocycles. The van der Waals surface area contributed by atoms with Crippen molar-refractivity contribution in [1.29, 1.82) is 0 Å². The summed E-state index contributed by atoms with van der Waals surface area (Å²) in [5, 5.41) is 0.700. The number of hydrogen-bond donors (Lipinski definition) is 0. The number of aryl methyl sites for hydroxylation is 1. The standard InChI is InChI=1S/C11H17S/c1-9-5-7-11(8-6-9)10(2)12(3)4/h5-8,10H,1-4H3/q+1. The van der Waals surface area contributed by atoms with Gasteiger partial charge in [0.15, 0.2) is 0 Å². The third-order valence-electron chi connectivity index (χ3n) is 2.25. The van der Waals surface area contributed by atoms with Crippen LogP contribution in [0.2, 0.25) is 0 Å². The summed E-state index contributed by atoms with van der Waals surface area (Å²) in [6.07, 6.45) is 4.59. The molecule has 0 aromatic heterocycles. The molecule has 0 heterocycles. The lowest BCUT2D eigenvalue weighted by atomic mass is 10.1. The van der Waals surface area contributed by atoms with E-state index in [1.54, 1.807) is 0 Å². The quantitative estimate of drug-likeness (QED) is 0.615. The molecular weight excluding hydrogens is 164 g/mol. The maximum atomic E-state index is 2.30. The van der Waals surface area contributed by atoms with Crippen LogP contribution in [0.4, 0.5) is 0 Å². The molecule has 1 unspecified atom stereocenters. The highest BCUT2D eigenvalue weighted by Crippen LogP contribution is 2.20. The molecule has 0 nitrogen and oxygen atoms in total. The lowest BCUT2D eigenvalue weighted by molar-refractivity contribution is 1.09. The minimum Gasteiger partial charge on any atom is -0.0589 e. The second kappa shape index (κ2) is 3.99. The molecule has 1 atom stereocenters. The molecule has 0 N–H and O–H groups in total. The van der Waals surface area contributed by atoms with E-state index in [4.69, 9.17) is 0 Å². The highest BCUT2D eigenvalue weighted by molar-refractivity contribution is 7.95. The predicted octanol–water partition coefficient (Wildman–Crippen LogP) is 2.93. The second-order valence-electron chi connectivity index (χ2n) is 3.43. The van der Waals surface area contributed by atoms with E-state index in [1.165, 1.54) is 11.1 Å². The van der Waals surface area contributed by atoms with E-state index in [9.17, 15) is 0 Å². The van der Waals surface area contributed by atoms with E-state index in [2.05, 4.69) is 50.6 Å². The van der Waals surface area contributed by atoms with Crippen molar-refractivity contribution >= 4 is 10.9 Å². The molecule has 0 aliphatic carbocycles. The Labute approximate surface area is 78.3 Å². The zero-order valence-corrected chi connectivity index (χ0v) is 9.11. The molecule has 0 aliphatic rings. The second-order valence-corrected chi connectivity index (χ2v) is 5.90. The first-order valence-corrected chi connectivity index (χ1v) is 6.34. The number of benzene rings is 1.